The van der Waals surface area contributed by atoms with Gasteiger partial charge in [0.2, 0.25) is 0 Å². The average Bonchev–Trinajstić information content (AvgIpc) is 2.46. The zero-order chi connectivity index (χ0) is 13.2. The zero-order valence-corrected chi connectivity index (χ0v) is 10.1. The molecule has 0 aliphatic heterocycles. The van der Waals surface area contributed by atoms with Crippen molar-refractivity contribution in [2.24, 2.45) is 5.73 Å². The zero-order valence-electron chi connectivity index (χ0n) is 10.1. The Morgan fingerprint density at radius 2 is 1.58 bits per heavy atom. The number of carbonyl (C=O) groups is 1. The summed E-state index contributed by atoms with van der Waals surface area (Å²) >= 11 is 0. The van der Waals surface area contributed by atoms with Crippen LogP contribution in [-0.2, 0) is 0 Å². The first-order valence-corrected chi connectivity index (χ1v) is 5.88. The fourth-order valence-corrected chi connectivity index (χ4v) is 2.10. The lowest BCUT2D eigenvalue weighted by Gasteiger charge is -2.08. The first-order chi connectivity index (χ1) is 9.27. The summed E-state index contributed by atoms with van der Waals surface area (Å²) in [5.41, 5.74) is 7.94. The second-order valence-electron chi connectivity index (χ2n) is 4.17. The van der Waals surface area contributed by atoms with Crippen molar-refractivity contribution in [2.75, 3.05) is 0 Å². The minimum Gasteiger partial charge on any atom is -0.366 e. The van der Waals surface area contributed by atoms with Crippen molar-refractivity contribution in [3.8, 4) is 11.3 Å². The number of hydrogen-bond acceptors (Lipinski definition) is 3. The van der Waals surface area contributed by atoms with Gasteiger partial charge in [-0.25, -0.2) is 0 Å². The third-order valence-electron chi connectivity index (χ3n) is 2.96. The Morgan fingerprint density at radius 1 is 0.895 bits per heavy atom. The van der Waals surface area contributed by atoms with E-state index in [9.17, 15) is 4.79 Å². The summed E-state index contributed by atoms with van der Waals surface area (Å²) in [7, 11) is 0. The predicted molar refractivity (Wildman–Crippen MR) is 73.5 cm³/mol. The third-order valence-corrected chi connectivity index (χ3v) is 2.96. The molecule has 0 unspecified atom stereocenters. The molecule has 0 aliphatic rings. The van der Waals surface area contributed by atoms with Crippen LogP contribution in [0.3, 0.4) is 0 Å². The van der Waals surface area contributed by atoms with Crippen LogP contribution < -0.4 is 5.73 Å². The van der Waals surface area contributed by atoms with Gasteiger partial charge in [-0.2, -0.15) is 0 Å². The summed E-state index contributed by atoms with van der Waals surface area (Å²) in [4.78, 5) is 11.8. The fourth-order valence-electron chi connectivity index (χ4n) is 2.10. The number of carbonyl (C=O) groups excluding carboxylic acids is 1. The highest BCUT2D eigenvalue weighted by atomic mass is 16.1. The van der Waals surface area contributed by atoms with Crippen molar-refractivity contribution in [3.63, 3.8) is 0 Å². The first kappa shape index (κ1) is 11.3. The number of hydrogen-bond donors (Lipinski definition) is 1. The van der Waals surface area contributed by atoms with Crippen LogP contribution in [0.2, 0.25) is 0 Å². The summed E-state index contributed by atoms with van der Waals surface area (Å²) in [6.45, 7) is 0. The Hall–Kier alpha value is -2.75. The van der Waals surface area contributed by atoms with E-state index < -0.39 is 5.91 Å². The molecule has 19 heavy (non-hydrogen) atoms. The molecule has 0 spiro atoms. The van der Waals surface area contributed by atoms with Crippen LogP contribution >= 0.6 is 0 Å². The summed E-state index contributed by atoms with van der Waals surface area (Å²) in [5.74, 6) is -0.495. The molecule has 2 aromatic carbocycles. The Bertz CT molecular complexity index is 754. The van der Waals surface area contributed by atoms with Crippen molar-refractivity contribution in [1.82, 2.24) is 10.2 Å². The van der Waals surface area contributed by atoms with Gasteiger partial charge in [0.05, 0.1) is 11.1 Å². The molecule has 1 amide bonds. The average molecular weight is 249 g/mol. The molecule has 1 heterocycles. The monoisotopic (exact) mass is 249 g/mol. The van der Waals surface area contributed by atoms with Crippen LogP contribution in [0.15, 0.2) is 54.6 Å². The maximum atomic E-state index is 11.8. The van der Waals surface area contributed by atoms with Crippen LogP contribution in [0, 0.1) is 0 Å². The van der Waals surface area contributed by atoms with E-state index in [1.54, 1.807) is 0 Å². The first-order valence-electron chi connectivity index (χ1n) is 5.88. The molecule has 4 nitrogen and oxygen atoms in total. The Kier molecular flexibility index (Phi) is 2.68. The minimum absolute atomic E-state index is 0.414. The second-order valence-corrected chi connectivity index (χ2v) is 4.17. The molecule has 2 N–H and O–H groups in total. The topological polar surface area (TPSA) is 68.9 Å². The summed E-state index contributed by atoms with van der Waals surface area (Å²) in [6.07, 6.45) is 0. The number of amides is 1. The maximum Gasteiger partial charge on any atom is 0.251 e. The van der Waals surface area contributed by atoms with Gasteiger partial charge in [-0.05, 0) is 6.07 Å². The van der Waals surface area contributed by atoms with Gasteiger partial charge in [0.25, 0.3) is 5.91 Å². The van der Waals surface area contributed by atoms with Crippen molar-refractivity contribution < 1.29 is 4.79 Å². The molecule has 0 aliphatic carbocycles. The van der Waals surface area contributed by atoms with Gasteiger partial charge in [0.15, 0.2) is 0 Å². The summed E-state index contributed by atoms with van der Waals surface area (Å²) in [6, 6.07) is 16.8. The van der Waals surface area contributed by atoms with Crippen LogP contribution in [0.1, 0.15) is 10.4 Å². The number of rotatable bonds is 2. The van der Waals surface area contributed by atoms with Crippen molar-refractivity contribution in [1.29, 1.82) is 0 Å². The molecule has 3 rings (SSSR count). The lowest BCUT2D eigenvalue weighted by molar-refractivity contribution is 0.100. The van der Waals surface area contributed by atoms with Gasteiger partial charge in [-0.3, -0.25) is 4.79 Å². The Labute approximate surface area is 109 Å². The number of fused-ring (bicyclic) bond motifs is 1. The minimum atomic E-state index is -0.495. The van der Waals surface area contributed by atoms with E-state index >= 15 is 0 Å². The molecule has 92 valence electrons. The van der Waals surface area contributed by atoms with E-state index in [0.29, 0.717) is 16.8 Å². The predicted octanol–water partition coefficient (Wildman–Crippen LogP) is 2.40. The van der Waals surface area contributed by atoms with Crippen molar-refractivity contribution in [3.05, 3.63) is 60.2 Å². The highest BCUT2D eigenvalue weighted by Crippen LogP contribution is 2.26. The van der Waals surface area contributed by atoms with Crippen LogP contribution in [-0.4, -0.2) is 16.1 Å². The van der Waals surface area contributed by atoms with E-state index in [4.69, 9.17) is 5.73 Å². The van der Waals surface area contributed by atoms with Crippen LogP contribution in [0.4, 0.5) is 0 Å². The molecule has 4 heteroatoms. The quantitative estimate of drug-likeness (QED) is 0.758. The molecule has 0 atom stereocenters. The van der Waals surface area contributed by atoms with Gasteiger partial charge >= 0.3 is 0 Å². The number of nitrogens with zero attached hydrogens (tertiary/aromatic N) is 2. The van der Waals surface area contributed by atoms with E-state index in [1.165, 1.54) is 0 Å². The van der Waals surface area contributed by atoms with Gasteiger partial charge < -0.3 is 5.73 Å². The lowest BCUT2D eigenvalue weighted by Crippen LogP contribution is -2.14. The standard InChI is InChI=1S/C15H11N3O/c16-15(19)13-11-8-4-5-9-12(11)17-18-14(13)10-6-2-1-3-7-10/h1-9H,(H2,16,19). The van der Waals surface area contributed by atoms with Gasteiger partial charge in [-0.15, -0.1) is 10.2 Å². The van der Waals surface area contributed by atoms with Crippen molar-refractivity contribution in [2.45, 2.75) is 0 Å². The highest BCUT2D eigenvalue weighted by molar-refractivity contribution is 6.09. The summed E-state index contributed by atoms with van der Waals surface area (Å²) in [5, 5.41) is 9.02. The smallest absolute Gasteiger partial charge is 0.251 e. The lowest BCUT2D eigenvalue weighted by atomic mass is 10.0. The number of nitrogens with two attached hydrogens (primary N) is 1. The van der Waals surface area contributed by atoms with Gasteiger partial charge in [0.1, 0.15) is 5.69 Å². The highest BCUT2D eigenvalue weighted by Gasteiger charge is 2.16. The normalized spacial score (nSPS) is 10.5. The molecular formula is C15H11N3O. The van der Waals surface area contributed by atoms with E-state index in [2.05, 4.69) is 10.2 Å². The molecule has 0 saturated heterocycles. The Morgan fingerprint density at radius 3 is 2.32 bits per heavy atom. The molecule has 0 bridgehead atoms. The molecule has 1 aromatic heterocycles. The van der Waals surface area contributed by atoms with Crippen LogP contribution in [0.25, 0.3) is 22.2 Å². The SMILES string of the molecule is NC(=O)c1c(-c2ccccc2)nnc2ccccc12. The number of aromatic nitrogens is 2. The van der Waals surface area contributed by atoms with Gasteiger partial charge in [-0.1, -0.05) is 48.5 Å². The third kappa shape index (κ3) is 1.93. The number of benzene rings is 2. The van der Waals surface area contributed by atoms with E-state index in [0.717, 1.165) is 10.9 Å². The van der Waals surface area contributed by atoms with E-state index in [1.807, 2.05) is 54.6 Å². The summed E-state index contributed by atoms with van der Waals surface area (Å²) < 4.78 is 0. The molecule has 0 fully saturated rings. The molecule has 3 aromatic rings. The van der Waals surface area contributed by atoms with Crippen LogP contribution in [0.5, 0.6) is 0 Å². The maximum absolute atomic E-state index is 11.8. The van der Waals surface area contributed by atoms with Crippen molar-refractivity contribution >= 4 is 16.8 Å². The molecular weight excluding hydrogens is 238 g/mol. The fraction of sp³-hybridized carbons (Fsp3) is 0. The largest absolute Gasteiger partial charge is 0.366 e. The second kappa shape index (κ2) is 4.49. The van der Waals surface area contributed by atoms with E-state index in [-0.39, 0.29) is 0 Å². The van der Waals surface area contributed by atoms with Gasteiger partial charge in [0, 0.05) is 10.9 Å². The molecule has 0 saturated carbocycles. The molecule has 0 radical (unpaired) electrons. The Balaban J connectivity index is 2.37. The number of primary amides is 1.